The molecule has 11 heteroatoms. The van der Waals surface area contributed by atoms with Crippen molar-refractivity contribution in [3.8, 4) is 5.75 Å². The van der Waals surface area contributed by atoms with E-state index in [2.05, 4.69) is 10.6 Å². The number of imide groups is 1. The first-order valence-corrected chi connectivity index (χ1v) is 9.30. The summed E-state index contributed by atoms with van der Waals surface area (Å²) in [6.07, 6.45) is 0.215. The van der Waals surface area contributed by atoms with Gasteiger partial charge < -0.3 is 15.4 Å². The molecule has 10 nitrogen and oxygen atoms in total. The Bertz CT molecular complexity index is 1090. The number of nitro groups is 1. The quantitative estimate of drug-likeness (QED) is 0.435. The number of carbonyl (C=O) groups excluding carboxylic acids is 3. The van der Waals surface area contributed by atoms with E-state index in [0.717, 1.165) is 11.0 Å². The fourth-order valence-corrected chi connectivity index (χ4v) is 3.79. The number of hydrogen-bond donors (Lipinski definition) is 2. The monoisotopic (exact) mass is 430 g/mol. The molecule has 0 aliphatic carbocycles. The number of ether oxygens (including phenoxy) is 1. The number of halogens is 1. The minimum atomic E-state index is -1.31. The molecule has 2 aliphatic rings. The topological polar surface area (TPSA) is 131 Å². The summed E-state index contributed by atoms with van der Waals surface area (Å²) in [6, 6.07) is 9.82. The zero-order valence-corrected chi connectivity index (χ0v) is 16.1. The predicted molar refractivity (Wildman–Crippen MR) is 105 cm³/mol. The third-order valence-corrected chi connectivity index (χ3v) is 5.22. The van der Waals surface area contributed by atoms with Crippen LogP contribution in [-0.4, -0.2) is 40.8 Å². The van der Waals surface area contributed by atoms with Gasteiger partial charge in [0.2, 0.25) is 5.91 Å². The van der Waals surface area contributed by atoms with E-state index >= 15 is 0 Å². The van der Waals surface area contributed by atoms with Crippen molar-refractivity contribution < 1.29 is 24.0 Å². The molecule has 4 amide bonds. The van der Waals surface area contributed by atoms with Crippen LogP contribution in [0.2, 0.25) is 5.02 Å². The summed E-state index contributed by atoms with van der Waals surface area (Å²) in [5.74, 6) is -0.876. The molecule has 1 spiro atoms. The molecule has 2 aromatic carbocycles. The highest BCUT2D eigenvalue weighted by Gasteiger charge is 2.55. The molecule has 0 bridgehead atoms. The predicted octanol–water partition coefficient (Wildman–Crippen LogP) is 2.42. The van der Waals surface area contributed by atoms with E-state index in [1.54, 1.807) is 24.3 Å². The molecule has 30 heavy (non-hydrogen) atoms. The van der Waals surface area contributed by atoms with Crippen LogP contribution < -0.4 is 15.4 Å². The highest BCUT2D eigenvalue weighted by molar-refractivity contribution is 6.31. The first-order valence-electron chi connectivity index (χ1n) is 8.92. The molecule has 0 radical (unpaired) electrons. The second kappa shape index (κ2) is 7.30. The second-order valence-corrected chi connectivity index (χ2v) is 7.22. The molecule has 2 N–H and O–H groups in total. The highest BCUT2D eigenvalue weighted by atomic mass is 35.5. The SMILES string of the molecule is O=C(CN1C(=O)N[C@@]2(CCOc3ccccc32)C1=O)Nc1cc(Cl)ccc1[N+](=O)[O-]. The summed E-state index contributed by atoms with van der Waals surface area (Å²) in [7, 11) is 0. The minimum absolute atomic E-state index is 0.129. The first-order chi connectivity index (χ1) is 14.3. The van der Waals surface area contributed by atoms with Gasteiger partial charge in [0.05, 0.1) is 11.5 Å². The Hall–Kier alpha value is -3.66. The van der Waals surface area contributed by atoms with Crippen molar-refractivity contribution in [1.29, 1.82) is 0 Å². The van der Waals surface area contributed by atoms with Crippen LogP contribution in [0.15, 0.2) is 42.5 Å². The lowest BCUT2D eigenvalue weighted by Crippen LogP contribution is -2.48. The van der Waals surface area contributed by atoms with Crippen LogP contribution in [0.1, 0.15) is 12.0 Å². The number of hydrogen-bond acceptors (Lipinski definition) is 6. The van der Waals surface area contributed by atoms with Crippen LogP contribution in [0, 0.1) is 10.1 Å². The number of benzene rings is 2. The molecule has 2 aromatic rings. The van der Waals surface area contributed by atoms with E-state index in [1.807, 2.05) is 0 Å². The third kappa shape index (κ3) is 3.20. The Morgan fingerprint density at radius 1 is 1.30 bits per heavy atom. The van der Waals surface area contributed by atoms with Gasteiger partial charge in [-0.05, 0) is 18.2 Å². The number of nitrogens with one attached hydrogen (secondary N) is 2. The van der Waals surface area contributed by atoms with Crippen LogP contribution in [0.3, 0.4) is 0 Å². The van der Waals surface area contributed by atoms with E-state index in [0.29, 0.717) is 11.3 Å². The first kappa shape index (κ1) is 19.6. The molecule has 1 saturated heterocycles. The van der Waals surface area contributed by atoms with Gasteiger partial charge in [-0.3, -0.25) is 24.6 Å². The van der Waals surface area contributed by atoms with Crippen LogP contribution in [0.4, 0.5) is 16.2 Å². The van der Waals surface area contributed by atoms with Crippen molar-refractivity contribution in [1.82, 2.24) is 10.2 Å². The van der Waals surface area contributed by atoms with E-state index in [1.165, 1.54) is 12.1 Å². The Morgan fingerprint density at radius 2 is 2.07 bits per heavy atom. The maximum Gasteiger partial charge on any atom is 0.325 e. The number of fused-ring (bicyclic) bond motifs is 2. The number of nitro benzene ring substituents is 1. The van der Waals surface area contributed by atoms with Gasteiger partial charge in [-0.25, -0.2) is 4.79 Å². The number of carbonyl (C=O) groups is 3. The highest BCUT2D eigenvalue weighted by Crippen LogP contribution is 2.41. The summed E-state index contributed by atoms with van der Waals surface area (Å²) in [6.45, 7) is -0.392. The van der Waals surface area contributed by atoms with Crippen molar-refractivity contribution in [3.63, 3.8) is 0 Å². The van der Waals surface area contributed by atoms with E-state index in [4.69, 9.17) is 16.3 Å². The van der Waals surface area contributed by atoms with Crippen LogP contribution in [-0.2, 0) is 15.1 Å². The molecule has 2 heterocycles. The van der Waals surface area contributed by atoms with Crippen LogP contribution >= 0.6 is 11.6 Å². The molecule has 1 fully saturated rings. The number of amides is 4. The molecular formula is C19H15ClN4O6. The molecule has 1 atom stereocenters. The van der Waals surface area contributed by atoms with Gasteiger partial charge in [-0.2, -0.15) is 0 Å². The van der Waals surface area contributed by atoms with Crippen molar-refractivity contribution in [2.24, 2.45) is 0 Å². The fraction of sp³-hybridized carbons (Fsp3) is 0.211. The normalized spacial score (nSPS) is 19.8. The number of anilines is 1. The van der Waals surface area contributed by atoms with Gasteiger partial charge >= 0.3 is 6.03 Å². The van der Waals surface area contributed by atoms with Gasteiger partial charge in [0, 0.05) is 23.1 Å². The lowest BCUT2D eigenvalue weighted by Gasteiger charge is -2.33. The largest absolute Gasteiger partial charge is 0.493 e. The summed E-state index contributed by atoms with van der Waals surface area (Å²) < 4.78 is 5.56. The number of para-hydroxylation sites is 1. The molecule has 154 valence electrons. The van der Waals surface area contributed by atoms with E-state index in [-0.39, 0.29) is 29.4 Å². The van der Waals surface area contributed by atoms with Gasteiger partial charge in [-0.15, -0.1) is 0 Å². The van der Waals surface area contributed by atoms with Crippen LogP contribution in [0.5, 0.6) is 5.75 Å². The van der Waals surface area contributed by atoms with Crippen molar-refractivity contribution in [3.05, 3.63) is 63.2 Å². The smallest absolute Gasteiger partial charge is 0.325 e. The average Bonchev–Trinajstić information content (AvgIpc) is 2.93. The lowest BCUT2D eigenvalue weighted by molar-refractivity contribution is -0.383. The van der Waals surface area contributed by atoms with Gasteiger partial charge in [-0.1, -0.05) is 29.8 Å². The molecule has 0 aromatic heterocycles. The standard InChI is InChI=1S/C19H15ClN4O6/c20-11-5-6-14(24(28)29)13(9-11)21-16(25)10-23-17(26)19(22-18(23)27)7-8-30-15-4-2-1-3-12(15)19/h1-6,9H,7-8,10H2,(H,21,25)(H,22,27)/t19-/m1/s1. The van der Waals surface area contributed by atoms with Gasteiger partial charge in [0.1, 0.15) is 18.0 Å². The van der Waals surface area contributed by atoms with E-state index in [9.17, 15) is 24.5 Å². The maximum absolute atomic E-state index is 13.2. The summed E-state index contributed by atoms with van der Waals surface area (Å²) >= 11 is 5.85. The summed E-state index contributed by atoms with van der Waals surface area (Å²) in [5, 5.41) is 16.4. The minimum Gasteiger partial charge on any atom is -0.493 e. The lowest BCUT2D eigenvalue weighted by atomic mass is 9.84. The Kier molecular flexibility index (Phi) is 4.78. The van der Waals surface area contributed by atoms with Crippen molar-refractivity contribution in [2.45, 2.75) is 12.0 Å². The molecule has 0 saturated carbocycles. The Labute approximate surface area is 174 Å². The van der Waals surface area contributed by atoms with Gasteiger partial charge in [0.15, 0.2) is 5.54 Å². The number of urea groups is 1. The summed E-state index contributed by atoms with van der Waals surface area (Å²) in [4.78, 5) is 49.4. The fourth-order valence-electron chi connectivity index (χ4n) is 3.62. The van der Waals surface area contributed by atoms with E-state index < -0.39 is 34.9 Å². The van der Waals surface area contributed by atoms with Gasteiger partial charge in [0.25, 0.3) is 11.6 Å². The zero-order chi connectivity index (χ0) is 21.5. The zero-order valence-electron chi connectivity index (χ0n) is 15.4. The average molecular weight is 431 g/mol. The Balaban J connectivity index is 1.56. The van der Waals surface area contributed by atoms with Crippen molar-refractivity contribution >= 4 is 40.8 Å². The van der Waals surface area contributed by atoms with Crippen LogP contribution in [0.25, 0.3) is 0 Å². The molecular weight excluding hydrogens is 416 g/mol. The molecule has 2 aliphatic heterocycles. The molecule has 4 rings (SSSR count). The number of rotatable bonds is 4. The second-order valence-electron chi connectivity index (χ2n) is 6.79. The van der Waals surface area contributed by atoms with Crippen molar-refractivity contribution in [2.75, 3.05) is 18.5 Å². The maximum atomic E-state index is 13.2. The molecule has 0 unspecified atom stereocenters. The Morgan fingerprint density at radius 3 is 2.83 bits per heavy atom. The number of nitrogens with zero attached hydrogens (tertiary/aromatic N) is 2. The third-order valence-electron chi connectivity index (χ3n) is 4.99. The summed E-state index contributed by atoms with van der Waals surface area (Å²) in [5.41, 5.74) is -1.28.